The lowest BCUT2D eigenvalue weighted by molar-refractivity contribution is -0.116. The number of fused-ring (bicyclic) bond motifs is 1. The van der Waals surface area contributed by atoms with E-state index in [0.717, 1.165) is 35.3 Å². The third-order valence-corrected chi connectivity index (χ3v) is 12.3. The van der Waals surface area contributed by atoms with Crippen LogP contribution in [0.15, 0.2) is 120 Å². The molecule has 0 radical (unpaired) electrons. The number of carbonyl (C=O) groups excluding carboxylic acids is 4. The molecule has 0 saturated carbocycles. The zero-order valence-electron chi connectivity index (χ0n) is 31.0. The van der Waals surface area contributed by atoms with Crippen LogP contribution < -0.4 is 16.0 Å². The van der Waals surface area contributed by atoms with Gasteiger partial charge in [-0.2, -0.15) is 0 Å². The molecule has 55 heavy (non-hydrogen) atoms. The second-order valence-electron chi connectivity index (χ2n) is 14.3. The predicted octanol–water partition coefficient (Wildman–Crippen LogP) is 10.2. The Morgan fingerprint density at radius 2 is 1.58 bits per heavy atom. The minimum atomic E-state index is -0.708. The maximum atomic E-state index is 14.3. The van der Waals surface area contributed by atoms with Crippen molar-refractivity contribution in [3.05, 3.63) is 153 Å². The van der Waals surface area contributed by atoms with Crippen molar-refractivity contribution in [1.82, 2.24) is 5.32 Å². The third-order valence-electron chi connectivity index (χ3n) is 9.54. The van der Waals surface area contributed by atoms with Crippen molar-refractivity contribution in [3.8, 4) is 0 Å². The highest BCUT2D eigenvalue weighted by molar-refractivity contribution is 8.00. The number of thiophene rings is 1. The fourth-order valence-corrected chi connectivity index (χ4v) is 9.07. The van der Waals surface area contributed by atoms with Gasteiger partial charge in [0.1, 0.15) is 15.9 Å². The number of methoxy groups -OCH3 is 1. The molecule has 1 aliphatic carbocycles. The lowest BCUT2D eigenvalue weighted by atomic mass is 9.72. The van der Waals surface area contributed by atoms with Gasteiger partial charge in [0.2, 0.25) is 5.91 Å². The minimum absolute atomic E-state index is 0.00424. The van der Waals surface area contributed by atoms with E-state index < -0.39 is 23.0 Å². The lowest BCUT2D eigenvalue weighted by Gasteiger charge is -2.33. The van der Waals surface area contributed by atoms with Gasteiger partial charge in [0.15, 0.2) is 0 Å². The van der Waals surface area contributed by atoms with Gasteiger partial charge in [-0.1, -0.05) is 105 Å². The summed E-state index contributed by atoms with van der Waals surface area (Å²) in [5.74, 6) is -1.32. The fourth-order valence-electron chi connectivity index (χ4n) is 6.48. The molecule has 11 heteroatoms. The molecule has 0 bridgehead atoms. The molecule has 8 nitrogen and oxygen atoms in total. The van der Waals surface area contributed by atoms with Crippen LogP contribution in [0.5, 0.6) is 0 Å². The monoisotopic (exact) mass is 791 g/mol. The Labute approximate surface area is 334 Å². The molecule has 5 aromatic rings. The average Bonchev–Trinajstić information content (AvgIpc) is 3.54. The van der Waals surface area contributed by atoms with Gasteiger partial charge >= 0.3 is 5.97 Å². The van der Waals surface area contributed by atoms with E-state index in [1.807, 2.05) is 36.4 Å². The summed E-state index contributed by atoms with van der Waals surface area (Å²) in [7, 11) is 1.36. The number of rotatable bonds is 11. The number of carbonyl (C=O) groups is 4. The molecule has 0 spiro atoms. The zero-order chi connectivity index (χ0) is 39.1. The van der Waals surface area contributed by atoms with Crippen molar-refractivity contribution in [2.45, 2.75) is 50.2 Å². The molecule has 0 aliphatic heterocycles. The first-order valence-electron chi connectivity index (χ1n) is 17.9. The Balaban J connectivity index is 1.26. The maximum absolute atomic E-state index is 14.3. The number of benzene rings is 4. The van der Waals surface area contributed by atoms with Gasteiger partial charge in [-0.25, -0.2) is 4.79 Å². The summed E-state index contributed by atoms with van der Waals surface area (Å²) >= 11 is 9.19. The van der Waals surface area contributed by atoms with E-state index in [-0.39, 0.29) is 17.0 Å². The van der Waals surface area contributed by atoms with Crippen molar-refractivity contribution in [3.63, 3.8) is 0 Å². The van der Waals surface area contributed by atoms with Crippen LogP contribution in [0.3, 0.4) is 0 Å². The quantitative estimate of drug-likeness (QED) is 0.0697. The van der Waals surface area contributed by atoms with E-state index in [9.17, 15) is 19.2 Å². The van der Waals surface area contributed by atoms with Crippen molar-refractivity contribution in [2.24, 2.45) is 11.3 Å². The molecule has 3 amide bonds. The number of thioether (sulfide) groups is 1. The topological polar surface area (TPSA) is 114 Å². The molecular weight excluding hydrogens is 750 g/mol. The normalized spacial score (nSPS) is 14.6. The summed E-state index contributed by atoms with van der Waals surface area (Å²) in [6.07, 6.45) is 4.07. The van der Waals surface area contributed by atoms with Crippen molar-refractivity contribution < 1.29 is 23.9 Å². The van der Waals surface area contributed by atoms with Gasteiger partial charge in [0, 0.05) is 26.0 Å². The van der Waals surface area contributed by atoms with E-state index in [0.29, 0.717) is 43.2 Å². The molecule has 2 atom stereocenters. The largest absolute Gasteiger partial charge is 0.465 e. The Bertz CT molecular complexity index is 2230. The van der Waals surface area contributed by atoms with Crippen molar-refractivity contribution in [2.75, 3.05) is 17.7 Å². The molecule has 0 saturated heterocycles. The van der Waals surface area contributed by atoms with Gasteiger partial charge in [-0.3, -0.25) is 14.4 Å². The molecule has 4 aromatic carbocycles. The number of hydrogen-bond donors (Lipinski definition) is 3. The van der Waals surface area contributed by atoms with E-state index in [1.54, 1.807) is 72.8 Å². The Morgan fingerprint density at radius 3 is 2.27 bits per heavy atom. The molecule has 1 aliphatic rings. The molecule has 3 N–H and O–H groups in total. The Morgan fingerprint density at radius 1 is 0.891 bits per heavy atom. The first-order chi connectivity index (χ1) is 26.4. The molecule has 1 aromatic heterocycles. The van der Waals surface area contributed by atoms with Crippen LogP contribution in [0.4, 0.5) is 10.7 Å². The highest BCUT2D eigenvalue weighted by atomic mass is 35.5. The van der Waals surface area contributed by atoms with Gasteiger partial charge < -0.3 is 20.7 Å². The highest BCUT2D eigenvalue weighted by Gasteiger charge is 2.35. The van der Waals surface area contributed by atoms with Gasteiger partial charge in [0.05, 0.1) is 12.7 Å². The zero-order valence-corrected chi connectivity index (χ0v) is 33.4. The lowest BCUT2D eigenvalue weighted by Crippen LogP contribution is -2.30. The van der Waals surface area contributed by atoms with E-state index >= 15 is 0 Å². The molecule has 282 valence electrons. The summed E-state index contributed by atoms with van der Waals surface area (Å²) < 4.78 is 5.21. The summed E-state index contributed by atoms with van der Waals surface area (Å²) in [5.41, 5.74) is 3.67. The second kappa shape index (κ2) is 17.5. The van der Waals surface area contributed by atoms with Gasteiger partial charge in [-0.15, -0.1) is 23.1 Å². The van der Waals surface area contributed by atoms with Gasteiger partial charge in [0.25, 0.3) is 11.8 Å². The minimum Gasteiger partial charge on any atom is -0.465 e. The average molecular weight is 792 g/mol. The fraction of sp³-hybridized carbons (Fsp3) is 0.227. The number of esters is 1. The molecule has 2 unspecified atom stereocenters. The molecular formula is C44H42ClN3O5S2. The maximum Gasteiger partial charge on any atom is 0.341 e. The Kier molecular flexibility index (Phi) is 12.6. The molecule has 1 heterocycles. The summed E-state index contributed by atoms with van der Waals surface area (Å²) in [5, 5.41) is 8.95. The molecule has 6 rings (SSSR count). The van der Waals surface area contributed by atoms with Crippen LogP contribution in [-0.4, -0.2) is 30.8 Å². The highest BCUT2D eigenvalue weighted by Crippen LogP contribution is 2.45. The van der Waals surface area contributed by atoms with E-state index in [1.165, 1.54) is 36.3 Å². The summed E-state index contributed by atoms with van der Waals surface area (Å²) in [4.78, 5) is 56.2. The van der Waals surface area contributed by atoms with Crippen LogP contribution >= 0.6 is 34.7 Å². The van der Waals surface area contributed by atoms with Gasteiger partial charge in [-0.05, 0) is 89.8 Å². The first-order valence-corrected chi connectivity index (χ1v) is 20.0. The number of nitrogens with one attached hydrogen (secondary N) is 3. The first kappa shape index (κ1) is 39.5. The standard InChI is InChI=1S/C44H42ClN3O5S2/c1-44(2,3)30-22-23-33-36(25-30)55-42(37(33)43(52)53-4)48-41(51)38(27-14-7-5-8-15-27)54-32-20-13-19-31(26-32)46-40(50)35(24-29-18-11-12-21-34(29)45)47-39(49)28-16-9-6-10-17-28/h5-21,24,26,30,38H,22-23,25H2,1-4H3,(H,46,50)(H,47,49)(H,48,51)/b35-24+. The van der Waals surface area contributed by atoms with Crippen LogP contribution in [0.1, 0.15) is 74.7 Å². The van der Waals surface area contributed by atoms with E-state index in [4.69, 9.17) is 16.3 Å². The summed E-state index contributed by atoms with van der Waals surface area (Å²) in [6, 6.07) is 32.2. The van der Waals surface area contributed by atoms with Crippen LogP contribution in [0.25, 0.3) is 6.08 Å². The van der Waals surface area contributed by atoms with Crippen molar-refractivity contribution >= 4 is 75.2 Å². The second-order valence-corrected chi connectivity index (χ2v) is 17.0. The van der Waals surface area contributed by atoms with Crippen LogP contribution in [0.2, 0.25) is 5.02 Å². The molecule has 0 fully saturated rings. The van der Waals surface area contributed by atoms with Crippen LogP contribution in [0, 0.1) is 11.3 Å². The number of hydrogen-bond acceptors (Lipinski definition) is 7. The predicted molar refractivity (Wildman–Crippen MR) is 223 cm³/mol. The number of anilines is 2. The van der Waals surface area contributed by atoms with Crippen LogP contribution in [-0.2, 0) is 27.2 Å². The summed E-state index contributed by atoms with van der Waals surface area (Å²) in [6.45, 7) is 6.72. The SMILES string of the molecule is COC(=O)c1c(NC(=O)C(Sc2cccc(NC(=O)/C(=C\c3ccccc3Cl)NC(=O)c3ccccc3)c2)c2ccccc2)sc2c1CCC(C(C)(C)C)C2. The Hall–Kier alpha value is -5.16. The smallest absolute Gasteiger partial charge is 0.341 e. The number of amides is 3. The number of halogens is 1. The van der Waals surface area contributed by atoms with E-state index in [2.05, 4.69) is 36.7 Å². The number of ether oxygens (including phenoxy) is 1. The van der Waals surface area contributed by atoms with Crippen molar-refractivity contribution in [1.29, 1.82) is 0 Å². The third kappa shape index (κ3) is 9.75.